The van der Waals surface area contributed by atoms with E-state index >= 15 is 0 Å². The molecule has 0 saturated heterocycles. The molecule has 0 unspecified atom stereocenters. The number of likely N-dealkylation sites (N-methyl/N-ethyl adjacent to an activating group) is 1. The van der Waals surface area contributed by atoms with Crippen LogP contribution in [0.15, 0.2) is 4.42 Å². The van der Waals surface area contributed by atoms with Gasteiger partial charge in [-0.05, 0) is 14.0 Å². The molecular weight excluding hydrogens is 180 g/mol. The third-order valence-corrected chi connectivity index (χ3v) is 1.90. The molecule has 0 fully saturated rings. The third kappa shape index (κ3) is 2.20. The number of ketones is 1. The van der Waals surface area contributed by atoms with E-state index in [-0.39, 0.29) is 18.2 Å². The fourth-order valence-corrected chi connectivity index (χ4v) is 1.16. The molecule has 0 aliphatic carbocycles. The van der Waals surface area contributed by atoms with Crippen LogP contribution in [0.5, 0.6) is 0 Å². The highest BCUT2D eigenvalue weighted by atomic mass is 16.4. The van der Waals surface area contributed by atoms with Crippen molar-refractivity contribution in [3.05, 3.63) is 17.3 Å². The van der Waals surface area contributed by atoms with E-state index in [1.165, 1.54) is 0 Å². The van der Waals surface area contributed by atoms with Gasteiger partial charge in [0.15, 0.2) is 11.7 Å². The van der Waals surface area contributed by atoms with Gasteiger partial charge in [0, 0.05) is 5.92 Å². The van der Waals surface area contributed by atoms with Crippen LogP contribution in [0, 0.1) is 6.92 Å². The lowest BCUT2D eigenvalue weighted by Crippen LogP contribution is -2.18. The molecule has 1 aromatic rings. The highest BCUT2D eigenvalue weighted by molar-refractivity contribution is 5.95. The molecule has 0 aliphatic rings. The van der Waals surface area contributed by atoms with E-state index in [4.69, 9.17) is 4.42 Å². The summed E-state index contributed by atoms with van der Waals surface area (Å²) in [7, 11) is 1.73. The number of hydrogen-bond acceptors (Lipinski definition) is 4. The monoisotopic (exact) mass is 196 g/mol. The zero-order valence-electron chi connectivity index (χ0n) is 9.05. The number of nitrogens with one attached hydrogen (secondary N) is 1. The average Bonchev–Trinajstić information content (AvgIpc) is 2.48. The summed E-state index contributed by atoms with van der Waals surface area (Å²) in [5.41, 5.74) is 0.675. The van der Waals surface area contributed by atoms with Crippen molar-refractivity contribution in [2.24, 2.45) is 0 Å². The van der Waals surface area contributed by atoms with Crippen LogP contribution in [-0.2, 0) is 0 Å². The van der Waals surface area contributed by atoms with Crippen LogP contribution in [0.1, 0.15) is 41.9 Å². The Kier molecular flexibility index (Phi) is 3.41. The number of Topliss-reactive ketones (excluding diaryl/α,β-unsaturated/α-hetero) is 1. The van der Waals surface area contributed by atoms with Gasteiger partial charge in [-0.2, -0.15) is 0 Å². The molecule has 1 N–H and O–H groups in total. The maximum atomic E-state index is 11.5. The number of carbonyl (C=O) groups is 1. The summed E-state index contributed by atoms with van der Waals surface area (Å²) in [6, 6.07) is 0. The van der Waals surface area contributed by atoms with Crippen LogP contribution < -0.4 is 5.32 Å². The molecule has 4 nitrogen and oxygen atoms in total. The maximum absolute atomic E-state index is 11.5. The zero-order valence-corrected chi connectivity index (χ0v) is 9.05. The molecule has 0 radical (unpaired) electrons. The Balaban J connectivity index is 2.92. The summed E-state index contributed by atoms with van der Waals surface area (Å²) >= 11 is 0. The van der Waals surface area contributed by atoms with E-state index in [9.17, 15) is 4.79 Å². The molecule has 0 bridgehead atoms. The first-order valence-electron chi connectivity index (χ1n) is 4.71. The molecule has 0 spiro atoms. The average molecular weight is 196 g/mol. The maximum Gasteiger partial charge on any atom is 0.213 e. The summed E-state index contributed by atoms with van der Waals surface area (Å²) in [6.45, 7) is 6.04. The van der Waals surface area contributed by atoms with E-state index in [0.717, 1.165) is 0 Å². The minimum absolute atomic E-state index is 0.0515. The smallest absolute Gasteiger partial charge is 0.213 e. The summed E-state index contributed by atoms with van der Waals surface area (Å²) in [6.07, 6.45) is 0. The van der Waals surface area contributed by atoms with Gasteiger partial charge in [-0.1, -0.05) is 13.8 Å². The quantitative estimate of drug-likeness (QED) is 0.741. The van der Waals surface area contributed by atoms with Gasteiger partial charge in [0.25, 0.3) is 0 Å². The molecule has 0 aromatic carbocycles. The minimum Gasteiger partial charge on any atom is -0.437 e. The van der Waals surface area contributed by atoms with E-state index in [1.54, 1.807) is 14.0 Å². The second-order valence-electron chi connectivity index (χ2n) is 3.57. The van der Waals surface area contributed by atoms with E-state index in [2.05, 4.69) is 10.3 Å². The van der Waals surface area contributed by atoms with Crippen molar-refractivity contribution in [1.29, 1.82) is 0 Å². The highest BCUT2D eigenvalue weighted by Crippen LogP contribution is 2.17. The first kappa shape index (κ1) is 10.9. The van der Waals surface area contributed by atoms with Crippen molar-refractivity contribution in [2.75, 3.05) is 13.6 Å². The molecule has 0 amide bonds. The van der Waals surface area contributed by atoms with Gasteiger partial charge in [-0.25, -0.2) is 4.98 Å². The van der Waals surface area contributed by atoms with Crippen LogP contribution in [0.25, 0.3) is 0 Å². The topological polar surface area (TPSA) is 55.1 Å². The summed E-state index contributed by atoms with van der Waals surface area (Å²) in [5, 5.41) is 2.79. The van der Waals surface area contributed by atoms with Crippen LogP contribution in [0.4, 0.5) is 0 Å². The van der Waals surface area contributed by atoms with Crippen molar-refractivity contribution in [2.45, 2.75) is 26.7 Å². The molecule has 1 aromatic heterocycles. The largest absolute Gasteiger partial charge is 0.437 e. The van der Waals surface area contributed by atoms with Crippen molar-refractivity contribution < 1.29 is 9.21 Å². The van der Waals surface area contributed by atoms with Crippen molar-refractivity contribution in [1.82, 2.24) is 10.3 Å². The van der Waals surface area contributed by atoms with E-state index < -0.39 is 0 Å². The highest BCUT2D eigenvalue weighted by Gasteiger charge is 2.17. The number of nitrogens with zero attached hydrogens (tertiary/aromatic N) is 1. The van der Waals surface area contributed by atoms with Crippen LogP contribution in [0.2, 0.25) is 0 Å². The molecule has 0 atom stereocenters. The van der Waals surface area contributed by atoms with Crippen LogP contribution in [-0.4, -0.2) is 24.4 Å². The van der Waals surface area contributed by atoms with Gasteiger partial charge in [-0.15, -0.1) is 0 Å². The molecule has 1 heterocycles. The Labute approximate surface area is 83.7 Å². The van der Waals surface area contributed by atoms with Gasteiger partial charge in [0.1, 0.15) is 0 Å². The summed E-state index contributed by atoms with van der Waals surface area (Å²) < 4.78 is 5.39. The minimum atomic E-state index is -0.0515. The molecule has 14 heavy (non-hydrogen) atoms. The SMILES string of the molecule is CNCC(=O)c1oc(C(C)C)nc1C. The second-order valence-corrected chi connectivity index (χ2v) is 3.57. The summed E-state index contributed by atoms with van der Waals surface area (Å²) in [4.78, 5) is 15.7. The van der Waals surface area contributed by atoms with Gasteiger partial charge in [-0.3, -0.25) is 4.79 Å². The number of aryl methyl sites for hydroxylation is 1. The lowest BCUT2D eigenvalue weighted by molar-refractivity contribution is 0.0964. The number of aromatic nitrogens is 1. The molecule has 1 rings (SSSR count). The third-order valence-electron chi connectivity index (χ3n) is 1.90. The van der Waals surface area contributed by atoms with Gasteiger partial charge >= 0.3 is 0 Å². The van der Waals surface area contributed by atoms with Gasteiger partial charge in [0.2, 0.25) is 5.78 Å². The van der Waals surface area contributed by atoms with Gasteiger partial charge in [0.05, 0.1) is 12.2 Å². The Hall–Kier alpha value is -1.16. The van der Waals surface area contributed by atoms with E-state index in [0.29, 0.717) is 17.3 Å². The van der Waals surface area contributed by atoms with Crippen molar-refractivity contribution in [3.8, 4) is 0 Å². The Bertz CT molecular complexity index is 329. The Morgan fingerprint density at radius 1 is 1.57 bits per heavy atom. The first-order chi connectivity index (χ1) is 6.56. The van der Waals surface area contributed by atoms with Crippen molar-refractivity contribution >= 4 is 5.78 Å². The molecular formula is C10H16N2O2. The number of oxazole rings is 1. The Morgan fingerprint density at radius 3 is 2.64 bits per heavy atom. The van der Waals surface area contributed by atoms with Crippen molar-refractivity contribution in [3.63, 3.8) is 0 Å². The second kappa shape index (κ2) is 4.37. The standard InChI is InChI=1S/C10H16N2O2/c1-6(2)10-12-7(3)9(14-10)8(13)5-11-4/h6,11H,5H2,1-4H3. The predicted molar refractivity (Wildman–Crippen MR) is 53.6 cm³/mol. The number of hydrogen-bond donors (Lipinski definition) is 1. The molecule has 0 saturated carbocycles. The predicted octanol–water partition coefficient (Wildman–Crippen LogP) is 1.51. The fraction of sp³-hybridized carbons (Fsp3) is 0.600. The van der Waals surface area contributed by atoms with Gasteiger partial charge < -0.3 is 9.73 Å². The fourth-order valence-electron chi connectivity index (χ4n) is 1.16. The lowest BCUT2D eigenvalue weighted by Gasteiger charge is -1.97. The number of rotatable bonds is 4. The Morgan fingerprint density at radius 2 is 2.21 bits per heavy atom. The molecule has 4 heteroatoms. The first-order valence-corrected chi connectivity index (χ1v) is 4.71. The molecule has 78 valence electrons. The summed E-state index contributed by atoms with van der Waals surface area (Å²) in [5.74, 6) is 1.17. The van der Waals surface area contributed by atoms with E-state index in [1.807, 2.05) is 13.8 Å². The lowest BCUT2D eigenvalue weighted by atomic mass is 10.2. The number of carbonyl (C=O) groups excluding carboxylic acids is 1. The van der Waals surface area contributed by atoms with Crippen LogP contribution >= 0.6 is 0 Å². The van der Waals surface area contributed by atoms with Crippen LogP contribution in [0.3, 0.4) is 0 Å². The normalized spacial score (nSPS) is 10.9. The zero-order chi connectivity index (χ0) is 10.7. The molecule has 0 aliphatic heterocycles.